The lowest BCUT2D eigenvalue weighted by atomic mass is 10.2. The topological polar surface area (TPSA) is 30.2 Å². The normalized spacial score (nSPS) is 13.2. The van der Waals surface area contributed by atoms with E-state index in [9.17, 15) is 4.79 Å². The lowest BCUT2D eigenvalue weighted by Crippen LogP contribution is -2.29. The van der Waals surface area contributed by atoms with Crippen molar-refractivity contribution in [2.24, 2.45) is 0 Å². The third-order valence-corrected chi connectivity index (χ3v) is 6.13. The van der Waals surface area contributed by atoms with Gasteiger partial charge in [0, 0.05) is 24.7 Å². The second-order valence-electron chi connectivity index (χ2n) is 5.53. The minimum Gasteiger partial charge on any atom is -0.423 e. The van der Waals surface area contributed by atoms with E-state index in [0.717, 1.165) is 16.5 Å². The average Bonchev–Trinajstić information content (AvgIpc) is 3.26. The van der Waals surface area contributed by atoms with Crippen LogP contribution >= 0.6 is 22.7 Å². The Morgan fingerprint density at radius 1 is 1.04 bits per heavy atom. The highest BCUT2D eigenvalue weighted by Crippen LogP contribution is 2.36. The summed E-state index contributed by atoms with van der Waals surface area (Å²) in [5, 5.41) is 0.973. The monoisotopic (exact) mass is 368 g/mol. The smallest absolute Gasteiger partial charge is 0.345 e. The molecule has 0 aliphatic rings. The second-order valence-corrected chi connectivity index (χ2v) is 7.73. The molecule has 0 fully saturated rings. The zero-order chi connectivity index (χ0) is 17.8. The Labute approximate surface area is 155 Å². The molecule has 0 amide bonds. The Bertz CT molecular complexity index is 1080. The SMILES string of the molecule is C/C=C/c1ccc(-c2ccc(-c3cc(=C/CC)/c(=C\C)oc3=O)s2)s1. The summed E-state index contributed by atoms with van der Waals surface area (Å²) in [7, 11) is 0. The minimum atomic E-state index is -0.282. The van der Waals surface area contributed by atoms with Crippen molar-refractivity contribution in [3.8, 4) is 20.2 Å². The molecule has 0 N–H and O–H groups in total. The van der Waals surface area contributed by atoms with Crippen molar-refractivity contribution < 1.29 is 4.42 Å². The third kappa shape index (κ3) is 3.75. The molecule has 0 bridgehead atoms. The fraction of sp³-hybridized carbons (Fsp3) is 0.190. The quantitative estimate of drug-likeness (QED) is 0.640. The van der Waals surface area contributed by atoms with Gasteiger partial charge in [0.2, 0.25) is 0 Å². The first-order valence-corrected chi connectivity index (χ1v) is 9.93. The van der Waals surface area contributed by atoms with Crippen LogP contribution in [-0.2, 0) is 0 Å². The van der Waals surface area contributed by atoms with Gasteiger partial charge in [0.15, 0.2) is 0 Å². The van der Waals surface area contributed by atoms with Crippen LogP contribution in [0.2, 0.25) is 0 Å². The van der Waals surface area contributed by atoms with E-state index in [1.54, 1.807) is 22.7 Å². The number of hydrogen-bond donors (Lipinski definition) is 0. The van der Waals surface area contributed by atoms with Crippen LogP contribution in [0.4, 0.5) is 0 Å². The summed E-state index contributed by atoms with van der Waals surface area (Å²) in [5.74, 6) is 0. The summed E-state index contributed by atoms with van der Waals surface area (Å²) in [6.07, 6.45) is 8.95. The first-order chi connectivity index (χ1) is 12.2. The van der Waals surface area contributed by atoms with Gasteiger partial charge >= 0.3 is 5.63 Å². The highest BCUT2D eigenvalue weighted by molar-refractivity contribution is 7.24. The van der Waals surface area contributed by atoms with E-state index in [1.807, 2.05) is 38.1 Å². The molecule has 128 valence electrons. The van der Waals surface area contributed by atoms with E-state index >= 15 is 0 Å². The highest BCUT2D eigenvalue weighted by Gasteiger charge is 2.11. The Morgan fingerprint density at radius 3 is 2.48 bits per heavy atom. The number of hydrogen-bond acceptors (Lipinski definition) is 4. The fourth-order valence-corrected chi connectivity index (χ4v) is 4.71. The molecule has 0 atom stereocenters. The molecule has 3 rings (SSSR count). The summed E-state index contributed by atoms with van der Waals surface area (Å²) in [6.45, 7) is 5.98. The Morgan fingerprint density at radius 2 is 1.76 bits per heavy atom. The summed E-state index contributed by atoms with van der Waals surface area (Å²) in [6, 6.07) is 10.3. The number of thiophene rings is 2. The standard InChI is InChI=1S/C21H20O2S2/c1-4-7-14-13-16(21(22)23-17(14)6-3)18-11-12-20(25-18)19-10-9-15(24-19)8-5-2/h5-13H,4H2,1-3H3/b8-5+,14-7-,17-6+. The molecular formula is C21H20O2S2. The molecule has 3 aromatic heterocycles. The zero-order valence-electron chi connectivity index (χ0n) is 14.5. The summed E-state index contributed by atoms with van der Waals surface area (Å²) >= 11 is 3.38. The van der Waals surface area contributed by atoms with Crippen LogP contribution in [0.1, 0.15) is 32.1 Å². The summed E-state index contributed by atoms with van der Waals surface area (Å²) < 4.78 is 5.50. The van der Waals surface area contributed by atoms with Crippen molar-refractivity contribution >= 4 is 40.9 Å². The molecule has 0 unspecified atom stereocenters. The van der Waals surface area contributed by atoms with E-state index in [1.165, 1.54) is 14.6 Å². The van der Waals surface area contributed by atoms with Gasteiger partial charge in [-0.1, -0.05) is 19.1 Å². The van der Waals surface area contributed by atoms with Crippen LogP contribution < -0.4 is 16.3 Å². The molecule has 0 aliphatic heterocycles. The van der Waals surface area contributed by atoms with E-state index in [4.69, 9.17) is 4.42 Å². The van der Waals surface area contributed by atoms with Gasteiger partial charge in [-0.05, 0) is 62.8 Å². The van der Waals surface area contributed by atoms with Crippen LogP contribution in [0.25, 0.3) is 38.4 Å². The predicted molar refractivity (Wildman–Crippen MR) is 110 cm³/mol. The molecule has 2 nitrogen and oxygen atoms in total. The van der Waals surface area contributed by atoms with Gasteiger partial charge in [0.25, 0.3) is 0 Å². The average molecular weight is 369 g/mol. The number of allylic oxidation sites excluding steroid dienone is 1. The lowest BCUT2D eigenvalue weighted by Gasteiger charge is -1.97. The second kappa shape index (κ2) is 7.81. The van der Waals surface area contributed by atoms with Crippen molar-refractivity contribution in [2.45, 2.75) is 27.2 Å². The Balaban J connectivity index is 2.06. The van der Waals surface area contributed by atoms with Crippen LogP contribution in [0.5, 0.6) is 0 Å². The van der Waals surface area contributed by atoms with E-state index < -0.39 is 0 Å². The Hall–Kier alpha value is -2.17. The maximum absolute atomic E-state index is 12.4. The van der Waals surface area contributed by atoms with Crippen molar-refractivity contribution in [1.29, 1.82) is 0 Å². The van der Waals surface area contributed by atoms with Crippen molar-refractivity contribution in [1.82, 2.24) is 0 Å². The minimum absolute atomic E-state index is 0.282. The predicted octanol–water partition coefficient (Wildman–Crippen LogP) is 5.12. The molecule has 3 heterocycles. The van der Waals surface area contributed by atoms with Crippen molar-refractivity contribution in [3.05, 3.63) is 62.3 Å². The van der Waals surface area contributed by atoms with Gasteiger partial charge in [-0.3, -0.25) is 0 Å². The molecule has 0 aliphatic carbocycles. The molecule has 0 aromatic carbocycles. The largest absolute Gasteiger partial charge is 0.423 e. The summed E-state index contributed by atoms with van der Waals surface area (Å²) in [4.78, 5) is 16.9. The molecule has 0 saturated carbocycles. The fourth-order valence-electron chi connectivity index (χ4n) is 2.63. The van der Waals surface area contributed by atoms with Gasteiger partial charge in [-0.25, -0.2) is 4.79 Å². The van der Waals surface area contributed by atoms with Crippen LogP contribution in [-0.4, -0.2) is 0 Å². The van der Waals surface area contributed by atoms with Crippen molar-refractivity contribution in [3.63, 3.8) is 0 Å². The van der Waals surface area contributed by atoms with E-state index in [2.05, 4.69) is 37.3 Å². The van der Waals surface area contributed by atoms with Gasteiger partial charge in [-0.15, -0.1) is 22.7 Å². The third-order valence-electron chi connectivity index (χ3n) is 3.77. The molecule has 0 saturated heterocycles. The lowest BCUT2D eigenvalue weighted by molar-refractivity contribution is 0.475. The molecule has 3 aromatic rings. The maximum atomic E-state index is 12.4. The molecular weight excluding hydrogens is 348 g/mol. The zero-order valence-corrected chi connectivity index (χ0v) is 16.2. The van der Waals surface area contributed by atoms with Crippen molar-refractivity contribution in [2.75, 3.05) is 0 Å². The molecule has 4 heteroatoms. The van der Waals surface area contributed by atoms with Crippen LogP contribution in [0.3, 0.4) is 0 Å². The van der Waals surface area contributed by atoms with Gasteiger partial charge < -0.3 is 4.42 Å². The maximum Gasteiger partial charge on any atom is 0.345 e. The Kier molecular flexibility index (Phi) is 5.51. The van der Waals surface area contributed by atoms with Gasteiger partial charge in [-0.2, -0.15) is 0 Å². The summed E-state index contributed by atoms with van der Waals surface area (Å²) in [5.41, 5.74) is 0.990. The van der Waals surface area contributed by atoms with Gasteiger partial charge in [0.05, 0.1) is 5.56 Å². The van der Waals surface area contributed by atoms with Crippen LogP contribution in [0.15, 0.2) is 45.6 Å². The molecule has 25 heavy (non-hydrogen) atoms. The van der Waals surface area contributed by atoms with Gasteiger partial charge in [0.1, 0.15) is 5.42 Å². The van der Waals surface area contributed by atoms with E-state index in [0.29, 0.717) is 11.0 Å². The molecule has 0 spiro atoms. The van der Waals surface area contributed by atoms with E-state index in [-0.39, 0.29) is 5.63 Å². The van der Waals surface area contributed by atoms with Crippen LogP contribution in [0, 0.1) is 0 Å². The first-order valence-electron chi connectivity index (χ1n) is 8.30. The first kappa shape index (κ1) is 17.6. The highest BCUT2D eigenvalue weighted by atomic mass is 32.1. The molecule has 0 radical (unpaired) electrons. The number of rotatable bonds is 4.